The number of dihydropyridines is 1. The summed E-state index contributed by atoms with van der Waals surface area (Å²) in [6.07, 6.45) is 3.19. The molecule has 29 heavy (non-hydrogen) atoms. The van der Waals surface area contributed by atoms with Gasteiger partial charge in [-0.25, -0.2) is 0 Å². The fourth-order valence-corrected chi connectivity index (χ4v) is 4.28. The molecule has 4 nitrogen and oxygen atoms in total. The monoisotopic (exact) mass is 386 g/mol. The lowest BCUT2D eigenvalue weighted by molar-refractivity contribution is -0.116. The quantitative estimate of drug-likeness (QED) is 0.789. The summed E-state index contributed by atoms with van der Waals surface area (Å²) in [5.41, 5.74) is 6.13. The highest BCUT2D eigenvalue weighted by Crippen LogP contribution is 2.42. The lowest BCUT2D eigenvalue weighted by atomic mass is 9.75. The molecule has 1 aliphatic heterocycles. The minimum atomic E-state index is -0.339. The van der Waals surface area contributed by atoms with Crippen molar-refractivity contribution in [2.24, 2.45) is 0 Å². The number of aryl methyl sites for hydroxylation is 1. The molecule has 4 rings (SSSR count). The number of benzene rings is 2. The van der Waals surface area contributed by atoms with Crippen molar-refractivity contribution >= 4 is 17.4 Å². The average Bonchev–Trinajstić information content (AvgIpc) is 2.73. The smallest absolute Gasteiger partial charge is 0.254 e. The first-order valence-electron chi connectivity index (χ1n) is 10.3. The molecule has 0 aromatic heterocycles. The van der Waals surface area contributed by atoms with Crippen molar-refractivity contribution in [1.82, 2.24) is 5.32 Å². The van der Waals surface area contributed by atoms with Crippen LogP contribution in [0, 0.1) is 0 Å². The van der Waals surface area contributed by atoms with Crippen molar-refractivity contribution in [1.29, 1.82) is 0 Å². The molecule has 0 spiro atoms. The number of hydrogen-bond acceptors (Lipinski definition) is 3. The van der Waals surface area contributed by atoms with E-state index < -0.39 is 0 Å². The van der Waals surface area contributed by atoms with E-state index in [1.165, 1.54) is 5.56 Å². The van der Waals surface area contributed by atoms with Gasteiger partial charge in [-0.15, -0.1) is 0 Å². The largest absolute Gasteiger partial charge is 0.362 e. The van der Waals surface area contributed by atoms with Gasteiger partial charge in [-0.2, -0.15) is 0 Å². The summed E-state index contributed by atoms with van der Waals surface area (Å²) in [6.45, 7) is 4.05. The number of allylic oxidation sites excluding steroid dienone is 3. The molecule has 1 unspecified atom stereocenters. The van der Waals surface area contributed by atoms with Gasteiger partial charge >= 0.3 is 0 Å². The van der Waals surface area contributed by atoms with E-state index in [-0.39, 0.29) is 17.6 Å². The Bertz CT molecular complexity index is 1000. The maximum absolute atomic E-state index is 13.3. The fraction of sp³-hybridized carbons (Fsp3) is 0.280. The first kappa shape index (κ1) is 19.2. The Kier molecular flexibility index (Phi) is 5.34. The molecular formula is C25H26N2O2. The molecule has 148 valence electrons. The van der Waals surface area contributed by atoms with Gasteiger partial charge in [0.2, 0.25) is 0 Å². The summed E-state index contributed by atoms with van der Waals surface area (Å²) >= 11 is 0. The van der Waals surface area contributed by atoms with Gasteiger partial charge in [-0.05, 0) is 49.4 Å². The number of rotatable bonds is 4. The van der Waals surface area contributed by atoms with Crippen LogP contribution in [0.2, 0.25) is 0 Å². The van der Waals surface area contributed by atoms with E-state index >= 15 is 0 Å². The van der Waals surface area contributed by atoms with E-state index in [1.807, 2.05) is 37.3 Å². The predicted octanol–water partition coefficient (Wildman–Crippen LogP) is 4.86. The number of Topliss-reactive ketones (excluding diaryl/α,β-unsaturated/α-hetero) is 1. The standard InChI is InChI=1S/C25H26N2O2/c1-3-17-12-14-18(15-13-17)23-22(25(29)27-19-8-5-4-6-9-19)16(2)26-20-10-7-11-21(28)24(20)23/h4-6,8-9,12-15,23,26H,3,7,10-11H2,1-2H3,(H,27,29). The van der Waals surface area contributed by atoms with Crippen LogP contribution in [0.4, 0.5) is 5.69 Å². The molecule has 2 aromatic carbocycles. The number of ketones is 1. The Balaban J connectivity index is 1.78. The predicted molar refractivity (Wildman–Crippen MR) is 115 cm³/mol. The summed E-state index contributed by atoms with van der Waals surface area (Å²) in [7, 11) is 0. The van der Waals surface area contributed by atoms with Gasteiger partial charge in [0.05, 0.1) is 0 Å². The van der Waals surface area contributed by atoms with Crippen LogP contribution in [0.3, 0.4) is 0 Å². The van der Waals surface area contributed by atoms with Crippen molar-refractivity contribution in [3.8, 4) is 0 Å². The summed E-state index contributed by atoms with van der Waals surface area (Å²) in [4.78, 5) is 26.2. The zero-order valence-electron chi connectivity index (χ0n) is 16.9. The maximum Gasteiger partial charge on any atom is 0.254 e. The summed E-state index contributed by atoms with van der Waals surface area (Å²) < 4.78 is 0. The van der Waals surface area contributed by atoms with E-state index in [4.69, 9.17) is 0 Å². The van der Waals surface area contributed by atoms with Crippen molar-refractivity contribution < 1.29 is 9.59 Å². The molecule has 0 saturated heterocycles. The van der Waals surface area contributed by atoms with Crippen molar-refractivity contribution in [3.63, 3.8) is 0 Å². The second-order valence-electron chi connectivity index (χ2n) is 7.68. The number of amides is 1. The van der Waals surface area contributed by atoms with Crippen LogP contribution in [-0.2, 0) is 16.0 Å². The van der Waals surface area contributed by atoms with Crippen LogP contribution in [0.1, 0.15) is 50.2 Å². The van der Waals surface area contributed by atoms with Crippen LogP contribution < -0.4 is 10.6 Å². The zero-order chi connectivity index (χ0) is 20.4. The van der Waals surface area contributed by atoms with Gasteiger partial charge in [0, 0.05) is 40.6 Å². The minimum Gasteiger partial charge on any atom is -0.362 e. The Morgan fingerprint density at radius 3 is 2.48 bits per heavy atom. The molecule has 1 atom stereocenters. The van der Waals surface area contributed by atoms with Crippen molar-refractivity contribution in [3.05, 3.63) is 88.3 Å². The third kappa shape index (κ3) is 3.75. The topological polar surface area (TPSA) is 58.2 Å². The van der Waals surface area contributed by atoms with E-state index in [9.17, 15) is 9.59 Å². The van der Waals surface area contributed by atoms with Gasteiger partial charge in [0.15, 0.2) is 5.78 Å². The second kappa shape index (κ2) is 8.08. The van der Waals surface area contributed by atoms with Crippen molar-refractivity contribution in [2.45, 2.75) is 45.4 Å². The summed E-state index contributed by atoms with van der Waals surface area (Å²) in [6, 6.07) is 17.7. The van der Waals surface area contributed by atoms with E-state index in [0.29, 0.717) is 12.0 Å². The highest BCUT2D eigenvalue weighted by atomic mass is 16.2. The first-order chi connectivity index (χ1) is 14.1. The zero-order valence-corrected chi connectivity index (χ0v) is 16.9. The number of hydrogen-bond donors (Lipinski definition) is 2. The molecule has 2 N–H and O–H groups in total. The van der Waals surface area contributed by atoms with E-state index in [0.717, 1.165) is 47.5 Å². The van der Waals surface area contributed by atoms with Gasteiger partial charge in [-0.3, -0.25) is 9.59 Å². The molecule has 2 aromatic rings. The molecule has 1 heterocycles. The number of carbonyl (C=O) groups is 2. The van der Waals surface area contributed by atoms with Gasteiger partial charge < -0.3 is 10.6 Å². The normalized spacial score (nSPS) is 19.0. The average molecular weight is 386 g/mol. The van der Waals surface area contributed by atoms with Crippen LogP contribution >= 0.6 is 0 Å². The fourth-order valence-electron chi connectivity index (χ4n) is 4.28. The second-order valence-corrected chi connectivity index (χ2v) is 7.68. The summed E-state index contributed by atoms with van der Waals surface area (Å²) in [5.74, 6) is -0.370. The van der Waals surface area contributed by atoms with Crippen LogP contribution in [0.15, 0.2) is 77.1 Å². The number of carbonyl (C=O) groups excluding carboxylic acids is 2. The molecule has 0 bridgehead atoms. The summed E-state index contributed by atoms with van der Waals surface area (Å²) in [5, 5.41) is 6.37. The van der Waals surface area contributed by atoms with E-state index in [2.05, 4.69) is 41.8 Å². The molecule has 0 radical (unpaired) electrons. The number of anilines is 1. The van der Waals surface area contributed by atoms with Crippen LogP contribution in [0.25, 0.3) is 0 Å². The van der Waals surface area contributed by atoms with Crippen LogP contribution in [-0.4, -0.2) is 11.7 Å². The van der Waals surface area contributed by atoms with Crippen molar-refractivity contribution in [2.75, 3.05) is 5.32 Å². The maximum atomic E-state index is 13.3. The van der Waals surface area contributed by atoms with E-state index in [1.54, 1.807) is 0 Å². The molecule has 0 saturated carbocycles. The molecule has 1 amide bonds. The lowest BCUT2D eigenvalue weighted by Crippen LogP contribution is -2.35. The van der Waals surface area contributed by atoms with Gasteiger partial charge in [-0.1, -0.05) is 49.4 Å². The van der Waals surface area contributed by atoms with Gasteiger partial charge in [0.1, 0.15) is 0 Å². The van der Waals surface area contributed by atoms with Crippen LogP contribution in [0.5, 0.6) is 0 Å². The third-order valence-electron chi connectivity index (χ3n) is 5.77. The molecule has 2 aliphatic rings. The Morgan fingerprint density at radius 1 is 1.07 bits per heavy atom. The SMILES string of the molecule is CCc1ccc(C2C(C(=O)Nc3ccccc3)=C(C)NC3=C2C(=O)CCC3)cc1. The molecule has 4 heteroatoms. The Morgan fingerprint density at radius 2 is 1.79 bits per heavy atom. The Labute approximate surface area is 171 Å². The molecular weight excluding hydrogens is 360 g/mol. The highest BCUT2D eigenvalue weighted by Gasteiger charge is 2.38. The molecule has 1 aliphatic carbocycles. The Hall–Kier alpha value is -3.14. The number of para-hydroxylation sites is 1. The van der Waals surface area contributed by atoms with Gasteiger partial charge in [0.25, 0.3) is 5.91 Å². The third-order valence-corrected chi connectivity index (χ3v) is 5.77. The highest BCUT2D eigenvalue weighted by molar-refractivity contribution is 6.09. The molecule has 0 fully saturated rings. The first-order valence-corrected chi connectivity index (χ1v) is 10.3. The minimum absolute atomic E-state index is 0.140. The lowest BCUT2D eigenvalue weighted by Gasteiger charge is -2.34. The number of nitrogens with one attached hydrogen (secondary N) is 2.